The van der Waals surface area contributed by atoms with Gasteiger partial charge in [0.1, 0.15) is 11.6 Å². The van der Waals surface area contributed by atoms with Gasteiger partial charge >= 0.3 is 0 Å². The lowest BCUT2D eigenvalue weighted by Crippen LogP contribution is -2.16. The van der Waals surface area contributed by atoms with E-state index in [0.29, 0.717) is 28.0 Å². The van der Waals surface area contributed by atoms with Gasteiger partial charge in [0.05, 0.1) is 18.0 Å². The summed E-state index contributed by atoms with van der Waals surface area (Å²) in [5.41, 5.74) is 2.88. The number of carbonyl (C=O) groups is 1. The average Bonchev–Trinajstić information content (AvgIpc) is 3.26. The van der Waals surface area contributed by atoms with E-state index in [0.717, 1.165) is 11.1 Å². The van der Waals surface area contributed by atoms with Crippen LogP contribution in [0.2, 0.25) is 0 Å². The van der Waals surface area contributed by atoms with E-state index in [4.69, 9.17) is 4.74 Å². The third kappa shape index (κ3) is 5.30. The summed E-state index contributed by atoms with van der Waals surface area (Å²) in [5.74, 6) is 0.761. The first-order valence-electron chi connectivity index (χ1n) is 11.3. The minimum absolute atomic E-state index is 0.00990. The van der Waals surface area contributed by atoms with E-state index >= 15 is 0 Å². The number of aromatic nitrogens is 3. The van der Waals surface area contributed by atoms with Crippen molar-refractivity contribution in [3.63, 3.8) is 0 Å². The maximum Gasteiger partial charge on any atom is 0.196 e. The summed E-state index contributed by atoms with van der Waals surface area (Å²) in [6.45, 7) is 8.24. The number of para-hydroxylation sites is 1. The lowest BCUT2D eigenvalue weighted by molar-refractivity contribution is 0.0994. The van der Waals surface area contributed by atoms with E-state index in [2.05, 4.69) is 31.0 Å². The predicted molar refractivity (Wildman–Crippen MR) is 138 cm³/mol. The number of carbonyl (C=O) groups excluding carboxylic acids is 1. The SMILES string of the molecule is COc1ccc(-c2nnc(SC(C)C(=O)c3ccc(C(C)(C)C)cc3)n2-c2ccccc2F)cc1. The van der Waals surface area contributed by atoms with E-state index in [1.807, 2.05) is 55.5 Å². The molecule has 35 heavy (non-hydrogen) atoms. The summed E-state index contributed by atoms with van der Waals surface area (Å²) < 4.78 is 21.8. The van der Waals surface area contributed by atoms with Crippen LogP contribution >= 0.6 is 11.8 Å². The number of halogens is 1. The largest absolute Gasteiger partial charge is 0.497 e. The fourth-order valence-electron chi connectivity index (χ4n) is 3.70. The summed E-state index contributed by atoms with van der Waals surface area (Å²) in [7, 11) is 1.60. The van der Waals surface area contributed by atoms with E-state index in [1.165, 1.54) is 17.8 Å². The second-order valence-electron chi connectivity index (χ2n) is 9.27. The Hall–Kier alpha value is -3.45. The number of ketones is 1. The standard InChI is InChI=1S/C28H28FN3O2S/c1-18(25(33)19-10-14-21(15-11-19)28(2,3)4)35-27-31-30-26(20-12-16-22(34-5)17-13-20)32(27)24-9-7-6-8-23(24)29/h6-18H,1-5H3. The molecule has 1 unspecified atom stereocenters. The molecule has 0 fully saturated rings. The molecule has 1 aromatic heterocycles. The van der Waals surface area contributed by atoms with Crippen molar-refractivity contribution in [2.75, 3.05) is 7.11 Å². The van der Waals surface area contributed by atoms with Crippen LogP contribution in [0, 0.1) is 5.82 Å². The number of benzene rings is 3. The van der Waals surface area contributed by atoms with Gasteiger partial charge in [0.25, 0.3) is 0 Å². The normalized spacial score (nSPS) is 12.4. The maximum absolute atomic E-state index is 14.9. The molecular weight excluding hydrogens is 461 g/mol. The molecule has 4 aromatic rings. The van der Waals surface area contributed by atoms with Gasteiger partial charge in [-0.1, -0.05) is 68.9 Å². The van der Waals surface area contributed by atoms with Crippen molar-refractivity contribution >= 4 is 17.5 Å². The molecule has 0 saturated heterocycles. The van der Waals surface area contributed by atoms with Gasteiger partial charge in [-0.3, -0.25) is 9.36 Å². The van der Waals surface area contributed by atoms with Crippen molar-refractivity contribution in [2.45, 2.75) is 43.5 Å². The first-order valence-corrected chi connectivity index (χ1v) is 12.2. The Kier molecular flexibility index (Phi) is 7.08. The van der Waals surface area contributed by atoms with Gasteiger partial charge in [-0.2, -0.15) is 0 Å². The molecule has 7 heteroatoms. The van der Waals surface area contributed by atoms with Crippen LogP contribution in [0.1, 0.15) is 43.6 Å². The Labute approximate surface area is 209 Å². The summed E-state index contributed by atoms with van der Waals surface area (Å²) in [6.07, 6.45) is 0. The summed E-state index contributed by atoms with van der Waals surface area (Å²) in [4.78, 5) is 13.2. The maximum atomic E-state index is 14.9. The van der Waals surface area contributed by atoms with Gasteiger partial charge in [-0.05, 0) is 54.3 Å². The molecule has 0 radical (unpaired) electrons. The number of methoxy groups -OCH3 is 1. The number of ether oxygens (including phenoxy) is 1. The molecule has 0 aliphatic rings. The minimum atomic E-state index is -0.450. The smallest absolute Gasteiger partial charge is 0.196 e. The zero-order valence-corrected chi connectivity index (χ0v) is 21.3. The Bertz CT molecular complexity index is 1330. The third-order valence-corrected chi connectivity index (χ3v) is 6.80. The van der Waals surface area contributed by atoms with Crippen LogP contribution in [-0.2, 0) is 5.41 Å². The first kappa shape index (κ1) is 24.7. The summed E-state index contributed by atoms with van der Waals surface area (Å²) >= 11 is 1.26. The third-order valence-electron chi connectivity index (χ3n) is 5.76. The molecule has 180 valence electrons. The molecule has 0 aliphatic carbocycles. The summed E-state index contributed by atoms with van der Waals surface area (Å²) in [5, 5.41) is 8.69. The zero-order valence-electron chi connectivity index (χ0n) is 20.4. The van der Waals surface area contributed by atoms with Gasteiger partial charge in [-0.25, -0.2) is 4.39 Å². The van der Waals surface area contributed by atoms with Crippen molar-refractivity contribution in [3.8, 4) is 22.8 Å². The van der Waals surface area contributed by atoms with Crippen LogP contribution in [-0.4, -0.2) is 32.9 Å². The van der Waals surface area contributed by atoms with Crippen LogP contribution in [0.5, 0.6) is 5.75 Å². The van der Waals surface area contributed by atoms with Crippen LogP contribution in [0.25, 0.3) is 17.1 Å². The van der Waals surface area contributed by atoms with Crippen LogP contribution in [0.4, 0.5) is 4.39 Å². The van der Waals surface area contributed by atoms with Crippen LogP contribution in [0.15, 0.2) is 78.0 Å². The Morgan fingerprint density at radius 1 is 0.971 bits per heavy atom. The number of hydrogen-bond donors (Lipinski definition) is 0. The summed E-state index contributed by atoms with van der Waals surface area (Å²) in [6, 6.07) is 21.5. The molecular formula is C28H28FN3O2S. The average molecular weight is 490 g/mol. The minimum Gasteiger partial charge on any atom is -0.497 e. The van der Waals surface area contributed by atoms with Crippen LogP contribution in [0.3, 0.4) is 0 Å². The molecule has 0 bridgehead atoms. The van der Waals surface area contributed by atoms with Gasteiger partial charge in [-0.15, -0.1) is 10.2 Å². The second kappa shape index (κ2) is 10.0. The lowest BCUT2D eigenvalue weighted by atomic mass is 9.86. The fraction of sp³-hybridized carbons (Fsp3) is 0.250. The fourth-order valence-corrected chi connectivity index (χ4v) is 4.64. The number of nitrogens with zero attached hydrogens (tertiary/aromatic N) is 3. The van der Waals surface area contributed by atoms with Crippen molar-refractivity contribution < 1.29 is 13.9 Å². The molecule has 0 saturated carbocycles. The number of rotatable bonds is 7. The van der Waals surface area contributed by atoms with Gasteiger partial charge in [0.2, 0.25) is 0 Å². The molecule has 1 heterocycles. The van der Waals surface area contributed by atoms with Crippen molar-refractivity contribution in [3.05, 3.63) is 89.7 Å². The van der Waals surface area contributed by atoms with Crippen molar-refractivity contribution in [1.82, 2.24) is 14.8 Å². The van der Waals surface area contributed by atoms with Crippen molar-refractivity contribution in [1.29, 1.82) is 0 Å². The van der Waals surface area contributed by atoms with Gasteiger partial charge < -0.3 is 4.74 Å². The monoisotopic (exact) mass is 489 g/mol. The molecule has 3 aromatic carbocycles. The predicted octanol–water partition coefficient (Wildman–Crippen LogP) is 6.74. The number of Topliss-reactive ketones (excluding diaryl/α,β-unsaturated/α-hetero) is 1. The molecule has 0 N–H and O–H groups in total. The molecule has 4 rings (SSSR count). The Morgan fingerprint density at radius 2 is 1.63 bits per heavy atom. The number of thioether (sulfide) groups is 1. The highest BCUT2D eigenvalue weighted by Crippen LogP contribution is 2.33. The van der Waals surface area contributed by atoms with E-state index in [1.54, 1.807) is 29.9 Å². The molecule has 0 aliphatic heterocycles. The highest BCUT2D eigenvalue weighted by atomic mass is 32.2. The quantitative estimate of drug-likeness (QED) is 0.212. The highest BCUT2D eigenvalue weighted by Gasteiger charge is 2.24. The van der Waals surface area contributed by atoms with Crippen LogP contribution < -0.4 is 4.74 Å². The highest BCUT2D eigenvalue weighted by molar-refractivity contribution is 8.00. The van der Waals surface area contributed by atoms with Gasteiger partial charge in [0, 0.05) is 11.1 Å². The first-order chi connectivity index (χ1) is 16.7. The number of hydrogen-bond acceptors (Lipinski definition) is 5. The topological polar surface area (TPSA) is 57.0 Å². The molecule has 1 atom stereocenters. The zero-order chi connectivity index (χ0) is 25.2. The molecule has 0 spiro atoms. The molecule has 0 amide bonds. The van der Waals surface area contributed by atoms with E-state index in [9.17, 15) is 9.18 Å². The second-order valence-corrected chi connectivity index (χ2v) is 10.6. The molecule has 5 nitrogen and oxygen atoms in total. The van der Waals surface area contributed by atoms with Gasteiger partial charge in [0.15, 0.2) is 16.8 Å². The van der Waals surface area contributed by atoms with Crippen molar-refractivity contribution in [2.24, 2.45) is 0 Å². The van der Waals surface area contributed by atoms with E-state index < -0.39 is 11.1 Å². The van der Waals surface area contributed by atoms with E-state index in [-0.39, 0.29) is 11.2 Å². The lowest BCUT2D eigenvalue weighted by Gasteiger charge is -2.19. The Balaban J connectivity index is 1.68. The Morgan fingerprint density at radius 3 is 2.23 bits per heavy atom.